The second-order valence-electron chi connectivity index (χ2n) is 16.8. The predicted molar refractivity (Wildman–Crippen MR) is 283 cm³/mol. The minimum Gasteiger partial charge on any atom is -0.462 e. The lowest BCUT2D eigenvalue weighted by atomic mass is 10.1. The monoisotopic (exact) mass is 911 g/mol. The van der Waals surface area contributed by atoms with Crippen LogP contribution in [0.1, 0.15) is 207 Å². The van der Waals surface area contributed by atoms with Gasteiger partial charge in [-0.1, -0.05) is 231 Å². The zero-order valence-electron chi connectivity index (χ0n) is 42.1. The molecule has 0 amide bonds. The molecule has 370 valence electrons. The van der Waals surface area contributed by atoms with Gasteiger partial charge < -0.3 is 14.2 Å². The van der Waals surface area contributed by atoms with Crippen LogP contribution in [-0.2, 0) is 28.6 Å². The van der Waals surface area contributed by atoms with Crippen molar-refractivity contribution in [3.8, 4) is 0 Å². The average molecular weight is 911 g/mol. The molecular weight excluding hydrogens is 817 g/mol. The number of carbonyl (C=O) groups excluding carboxylic acids is 3. The van der Waals surface area contributed by atoms with Crippen LogP contribution in [0.25, 0.3) is 0 Å². The molecule has 0 aromatic heterocycles. The van der Waals surface area contributed by atoms with Crippen molar-refractivity contribution in [1.29, 1.82) is 0 Å². The zero-order valence-corrected chi connectivity index (χ0v) is 42.1. The number of unbranched alkanes of at least 4 members (excludes halogenated alkanes) is 16. The van der Waals surface area contributed by atoms with E-state index in [9.17, 15) is 14.4 Å². The van der Waals surface area contributed by atoms with Crippen LogP contribution in [0.3, 0.4) is 0 Å². The van der Waals surface area contributed by atoms with E-state index in [2.05, 4.69) is 87.6 Å². The molecule has 0 spiro atoms. The summed E-state index contributed by atoms with van der Waals surface area (Å²) < 4.78 is 16.6. The molecule has 0 N–H and O–H groups in total. The number of hydrogen-bond donors (Lipinski definition) is 0. The molecule has 0 saturated carbocycles. The lowest BCUT2D eigenvalue weighted by Gasteiger charge is -2.18. The molecule has 0 aliphatic rings. The Morgan fingerprint density at radius 3 is 1.21 bits per heavy atom. The van der Waals surface area contributed by atoms with Crippen molar-refractivity contribution in [3.05, 3.63) is 134 Å². The fourth-order valence-corrected chi connectivity index (χ4v) is 6.63. The molecular formula is C60H94O6. The van der Waals surface area contributed by atoms with E-state index in [1.807, 2.05) is 66.8 Å². The van der Waals surface area contributed by atoms with Crippen LogP contribution < -0.4 is 0 Å². The highest BCUT2D eigenvalue weighted by Gasteiger charge is 2.19. The first kappa shape index (κ1) is 61.5. The SMILES string of the molecule is CC\C=C/C=C\C=C/C=C\C=C/CCCC(=O)OCC(COC(=O)CCCCCCCCC/C=C\CCCCCCCCCC)OC(=O)CC/C=C\C/C=C\C/C=C\C/C=C\C/C=C\CC. The highest BCUT2D eigenvalue weighted by atomic mass is 16.6. The molecule has 66 heavy (non-hydrogen) atoms. The molecule has 0 aliphatic carbocycles. The fraction of sp³-hybridized carbons (Fsp3) is 0.583. The van der Waals surface area contributed by atoms with Crippen molar-refractivity contribution in [1.82, 2.24) is 0 Å². The first-order chi connectivity index (χ1) is 32.5. The summed E-state index contributed by atoms with van der Waals surface area (Å²) in [4.78, 5) is 37.9. The Morgan fingerprint density at radius 1 is 0.333 bits per heavy atom. The summed E-state index contributed by atoms with van der Waals surface area (Å²) in [5.74, 6) is -1.11. The first-order valence-corrected chi connectivity index (χ1v) is 26.3. The Bertz CT molecular complexity index is 1460. The Morgan fingerprint density at radius 2 is 0.712 bits per heavy atom. The Hall–Kier alpha value is -4.45. The summed E-state index contributed by atoms with van der Waals surface area (Å²) in [6.07, 6.45) is 74.6. The van der Waals surface area contributed by atoms with Crippen LogP contribution in [0.5, 0.6) is 0 Å². The van der Waals surface area contributed by atoms with Gasteiger partial charge in [-0.2, -0.15) is 0 Å². The molecule has 0 bridgehead atoms. The topological polar surface area (TPSA) is 78.9 Å². The molecule has 0 radical (unpaired) electrons. The van der Waals surface area contributed by atoms with Crippen LogP contribution in [0.15, 0.2) is 134 Å². The number of hydrogen-bond acceptors (Lipinski definition) is 6. The summed E-state index contributed by atoms with van der Waals surface area (Å²) in [6, 6.07) is 0. The molecule has 0 aromatic rings. The molecule has 0 aromatic carbocycles. The maximum Gasteiger partial charge on any atom is 0.306 e. The average Bonchev–Trinajstić information content (AvgIpc) is 3.31. The summed E-state index contributed by atoms with van der Waals surface area (Å²) in [5.41, 5.74) is 0. The van der Waals surface area contributed by atoms with Crippen molar-refractivity contribution in [3.63, 3.8) is 0 Å². The highest BCUT2D eigenvalue weighted by molar-refractivity contribution is 5.71. The lowest BCUT2D eigenvalue weighted by Crippen LogP contribution is -2.30. The van der Waals surface area contributed by atoms with Gasteiger partial charge in [-0.3, -0.25) is 14.4 Å². The Balaban J connectivity index is 4.57. The van der Waals surface area contributed by atoms with E-state index in [0.717, 1.165) is 64.2 Å². The number of rotatable bonds is 45. The van der Waals surface area contributed by atoms with Gasteiger partial charge in [-0.05, 0) is 89.9 Å². The molecule has 0 aliphatic heterocycles. The molecule has 6 heteroatoms. The molecule has 0 rings (SSSR count). The zero-order chi connectivity index (χ0) is 47.9. The van der Waals surface area contributed by atoms with Gasteiger partial charge in [0, 0.05) is 19.3 Å². The maximum absolute atomic E-state index is 12.8. The number of carbonyl (C=O) groups is 3. The van der Waals surface area contributed by atoms with Gasteiger partial charge in [-0.15, -0.1) is 0 Å². The first-order valence-electron chi connectivity index (χ1n) is 26.3. The van der Waals surface area contributed by atoms with Gasteiger partial charge in [0.25, 0.3) is 0 Å². The second kappa shape index (κ2) is 53.2. The van der Waals surface area contributed by atoms with E-state index in [-0.39, 0.29) is 38.0 Å². The number of allylic oxidation sites excluding steroid dienone is 22. The summed E-state index contributed by atoms with van der Waals surface area (Å²) in [6.45, 7) is 6.23. The Kier molecular flexibility index (Phi) is 49.6. The van der Waals surface area contributed by atoms with Crippen LogP contribution in [-0.4, -0.2) is 37.2 Å². The van der Waals surface area contributed by atoms with Crippen molar-refractivity contribution in [2.45, 2.75) is 213 Å². The number of esters is 3. The fourth-order valence-electron chi connectivity index (χ4n) is 6.63. The van der Waals surface area contributed by atoms with Gasteiger partial charge in [-0.25, -0.2) is 0 Å². The van der Waals surface area contributed by atoms with Gasteiger partial charge in [0.1, 0.15) is 13.2 Å². The van der Waals surface area contributed by atoms with E-state index in [1.54, 1.807) is 0 Å². The van der Waals surface area contributed by atoms with E-state index < -0.39 is 12.1 Å². The minimum absolute atomic E-state index is 0.137. The maximum atomic E-state index is 12.8. The van der Waals surface area contributed by atoms with Crippen LogP contribution >= 0.6 is 0 Å². The highest BCUT2D eigenvalue weighted by Crippen LogP contribution is 2.13. The summed E-state index contributed by atoms with van der Waals surface area (Å²) >= 11 is 0. The predicted octanol–water partition coefficient (Wildman–Crippen LogP) is 17.5. The third-order valence-corrected chi connectivity index (χ3v) is 10.5. The van der Waals surface area contributed by atoms with E-state index in [4.69, 9.17) is 14.2 Å². The van der Waals surface area contributed by atoms with Crippen molar-refractivity contribution < 1.29 is 28.6 Å². The quantitative estimate of drug-likeness (QED) is 0.0199. The van der Waals surface area contributed by atoms with Gasteiger partial charge >= 0.3 is 17.9 Å². The largest absolute Gasteiger partial charge is 0.462 e. The third-order valence-electron chi connectivity index (χ3n) is 10.5. The molecule has 1 unspecified atom stereocenters. The summed E-state index contributed by atoms with van der Waals surface area (Å²) in [7, 11) is 0. The summed E-state index contributed by atoms with van der Waals surface area (Å²) in [5, 5.41) is 0. The second-order valence-corrected chi connectivity index (χ2v) is 16.8. The van der Waals surface area contributed by atoms with Gasteiger partial charge in [0.05, 0.1) is 0 Å². The smallest absolute Gasteiger partial charge is 0.306 e. The van der Waals surface area contributed by atoms with Crippen molar-refractivity contribution >= 4 is 17.9 Å². The van der Waals surface area contributed by atoms with Crippen molar-refractivity contribution in [2.75, 3.05) is 13.2 Å². The van der Waals surface area contributed by atoms with Gasteiger partial charge in [0.2, 0.25) is 0 Å². The lowest BCUT2D eigenvalue weighted by molar-refractivity contribution is -0.166. The standard InChI is InChI=1S/C60H94O6/c1-4-7-10-13-16-19-22-25-27-29-30-31-33-35-38-41-44-47-50-53-59(62)65-56-57(55-64-58(61)52-49-46-43-40-37-34-24-21-18-15-12-9-6-3)66-60(63)54-51-48-45-42-39-36-32-28-26-23-20-17-14-11-8-5-2/h8-9,11-12,15,17-18,20-21,24,26,28-30,34,36-37,39-40,43,45,48,57H,4-7,10,13-14,16,19,22-23,25,27,31-33,35,38,41-42,44,46-47,49-56H2,1-3H3/b11-8-,12-9-,18-15-,20-17-,24-21-,28-26-,30-29-,37-34-,39-36-,43-40-,48-45-. The molecule has 0 fully saturated rings. The van der Waals surface area contributed by atoms with E-state index in [1.165, 1.54) is 89.9 Å². The van der Waals surface area contributed by atoms with E-state index in [0.29, 0.717) is 19.3 Å². The third kappa shape index (κ3) is 50.5. The van der Waals surface area contributed by atoms with E-state index >= 15 is 0 Å². The van der Waals surface area contributed by atoms with Crippen LogP contribution in [0.4, 0.5) is 0 Å². The minimum atomic E-state index is -0.852. The normalized spacial score (nSPS) is 13.2. The number of ether oxygens (including phenoxy) is 3. The Labute approximate surface area is 405 Å². The molecule has 0 heterocycles. The van der Waals surface area contributed by atoms with Crippen LogP contribution in [0, 0.1) is 0 Å². The molecule has 1 atom stereocenters. The van der Waals surface area contributed by atoms with Crippen molar-refractivity contribution in [2.24, 2.45) is 0 Å². The van der Waals surface area contributed by atoms with Gasteiger partial charge in [0.15, 0.2) is 6.10 Å². The molecule has 0 saturated heterocycles. The molecule has 6 nitrogen and oxygen atoms in total. The van der Waals surface area contributed by atoms with Crippen LogP contribution in [0.2, 0.25) is 0 Å².